The quantitative estimate of drug-likeness (QED) is 0.572. The second-order valence-electron chi connectivity index (χ2n) is 5.41. The first-order valence-electron chi connectivity index (χ1n) is 8.47. The number of thiocarbonyl (C=S) groups is 1. The maximum Gasteiger partial charge on any atom is 0.293 e. The van der Waals surface area contributed by atoms with Gasteiger partial charge < -0.3 is 9.80 Å². The third-order valence-electron chi connectivity index (χ3n) is 3.60. The molecule has 0 radical (unpaired) electrons. The van der Waals surface area contributed by atoms with E-state index in [1.807, 2.05) is 37.3 Å². The molecule has 0 spiro atoms. The van der Waals surface area contributed by atoms with Gasteiger partial charge in [-0.15, -0.1) is 0 Å². The molecule has 0 aliphatic carbocycles. The van der Waals surface area contributed by atoms with Crippen molar-refractivity contribution in [2.24, 2.45) is 0 Å². The van der Waals surface area contributed by atoms with Crippen molar-refractivity contribution in [3.63, 3.8) is 0 Å². The van der Waals surface area contributed by atoms with Crippen LogP contribution in [0.4, 0.5) is 10.5 Å². The summed E-state index contributed by atoms with van der Waals surface area (Å²) in [5.74, 6) is 0. The summed E-state index contributed by atoms with van der Waals surface area (Å²) < 4.78 is 0.700. The minimum Gasteiger partial charge on any atom is -0.357 e. The first-order chi connectivity index (χ1) is 11.1. The van der Waals surface area contributed by atoms with E-state index in [0.717, 1.165) is 44.5 Å². The summed E-state index contributed by atoms with van der Waals surface area (Å²) in [6.07, 6.45) is 4.48. The van der Waals surface area contributed by atoms with Gasteiger partial charge in [-0.25, -0.2) is 0 Å². The van der Waals surface area contributed by atoms with Crippen molar-refractivity contribution in [3.05, 3.63) is 30.3 Å². The van der Waals surface area contributed by atoms with Crippen LogP contribution >= 0.6 is 24.0 Å². The van der Waals surface area contributed by atoms with E-state index in [1.54, 1.807) is 4.90 Å². The van der Waals surface area contributed by atoms with Crippen molar-refractivity contribution >= 4 is 39.2 Å². The molecular weight excluding hydrogens is 324 g/mol. The number of rotatable bonds is 8. The van der Waals surface area contributed by atoms with Gasteiger partial charge in [0.15, 0.2) is 0 Å². The van der Waals surface area contributed by atoms with Gasteiger partial charge in [-0.1, -0.05) is 57.1 Å². The molecule has 0 N–H and O–H groups in total. The molecule has 5 heteroatoms. The van der Waals surface area contributed by atoms with Crippen molar-refractivity contribution < 1.29 is 4.79 Å². The van der Waals surface area contributed by atoms with Crippen LogP contribution in [0.25, 0.3) is 0 Å². The maximum absolute atomic E-state index is 12.6. The Morgan fingerprint density at radius 1 is 1.04 bits per heavy atom. The van der Waals surface area contributed by atoms with Gasteiger partial charge in [0.25, 0.3) is 5.24 Å². The highest BCUT2D eigenvalue weighted by molar-refractivity contribution is 8.32. The number of hydrogen-bond acceptors (Lipinski definition) is 3. The first-order valence-corrected chi connectivity index (χ1v) is 9.69. The molecule has 1 aromatic carbocycles. The SMILES string of the molecule is CCCCN(CCCC)C(=S)SC(=O)N(CC)c1ccccc1. The summed E-state index contributed by atoms with van der Waals surface area (Å²) in [6.45, 7) is 8.85. The van der Waals surface area contributed by atoms with E-state index < -0.39 is 0 Å². The van der Waals surface area contributed by atoms with Crippen LogP contribution < -0.4 is 4.90 Å². The zero-order chi connectivity index (χ0) is 17.1. The van der Waals surface area contributed by atoms with Crippen LogP contribution in [0.1, 0.15) is 46.5 Å². The zero-order valence-corrected chi connectivity index (χ0v) is 16.1. The Kier molecular flexibility index (Phi) is 9.96. The van der Waals surface area contributed by atoms with Gasteiger partial charge >= 0.3 is 0 Å². The number of anilines is 1. The molecule has 3 nitrogen and oxygen atoms in total. The highest BCUT2D eigenvalue weighted by atomic mass is 32.2. The molecule has 0 unspecified atom stereocenters. The van der Waals surface area contributed by atoms with E-state index in [4.69, 9.17) is 12.2 Å². The monoisotopic (exact) mass is 352 g/mol. The lowest BCUT2D eigenvalue weighted by Gasteiger charge is -2.26. The number of carbonyl (C=O) groups is 1. The predicted molar refractivity (Wildman–Crippen MR) is 106 cm³/mol. The molecule has 0 bridgehead atoms. The average molecular weight is 353 g/mol. The Hall–Kier alpha value is -1.07. The molecule has 1 amide bonds. The highest BCUT2D eigenvalue weighted by Crippen LogP contribution is 2.21. The second-order valence-corrected chi connectivity index (χ2v) is 6.99. The highest BCUT2D eigenvalue weighted by Gasteiger charge is 2.19. The Bertz CT molecular complexity index is 471. The molecule has 0 saturated heterocycles. The van der Waals surface area contributed by atoms with E-state index in [1.165, 1.54) is 11.8 Å². The molecule has 23 heavy (non-hydrogen) atoms. The fourth-order valence-electron chi connectivity index (χ4n) is 2.21. The van der Waals surface area contributed by atoms with Crippen molar-refractivity contribution in [1.29, 1.82) is 0 Å². The lowest BCUT2D eigenvalue weighted by Crippen LogP contribution is -2.34. The summed E-state index contributed by atoms with van der Waals surface area (Å²) in [6, 6.07) is 9.76. The first kappa shape index (κ1) is 20.0. The summed E-state index contributed by atoms with van der Waals surface area (Å²) >= 11 is 6.72. The lowest BCUT2D eigenvalue weighted by atomic mass is 10.3. The van der Waals surface area contributed by atoms with Crippen LogP contribution in [0.15, 0.2) is 30.3 Å². The summed E-state index contributed by atoms with van der Waals surface area (Å²) in [4.78, 5) is 16.6. The Labute approximate surface area is 150 Å². The average Bonchev–Trinajstić information content (AvgIpc) is 2.56. The molecule has 0 heterocycles. The minimum atomic E-state index is 0.00157. The zero-order valence-electron chi connectivity index (χ0n) is 14.5. The van der Waals surface area contributed by atoms with Crippen molar-refractivity contribution in [2.45, 2.75) is 46.5 Å². The summed E-state index contributed by atoms with van der Waals surface area (Å²) in [7, 11) is 0. The number of nitrogens with zero attached hydrogens (tertiary/aromatic N) is 2. The standard InChI is InChI=1S/C18H28N2OS2/c1-4-7-14-19(15-8-5-2)18(22)23-17(21)20(6-3)16-12-10-9-11-13-16/h9-13H,4-8,14-15H2,1-3H3. The van der Waals surface area contributed by atoms with Gasteiger partial charge in [0.1, 0.15) is 4.32 Å². The molecular formula is C18H28N2OS2. The molecule has 0 aliphatic heterocycles. The lowest BCUT2D eigenvalue weighted by molar-refractivity contribution is 0.265. The van der Waals surface area contributed by atoms with Gasteiger partial charge in [0.05, 0.1) is 0 Å². The van der Waals surface area contributed by atoms with Gasteiger partial charge in [-0.3, -0.25) is 4.79 Å². The normalized spacial score (nSPS) is 10.4. The van der Waals surface area contributed by atoms with Crippen molar-refractivity contribution in [1.82, 2.24) is 4.90 Å². The molecule has 0 aromatic heterocycles. The van der Waals surface area contributed by atoms with E-state index in [0.29, 0.717) is 10.9 Å². The van der Waals surface area contributed by atoms with Crippen LogP contribution in [-0.4, -0.2) is 34.1 Å². The molecule has 0 saturated carbocycles. The number of thioether (sulfide) groups is 1. The largest absolute Gasteiger partial charge is 0.357 e. The van der Waals surface area contributed by atoms with Gasteiger partial charge in [-0.05, 0) is 31.9 Å². The van der Waals surface area contributed by atoms with Gasteiger partial charge in [0.2, 0.25) is 0 Å². The maximum atomic E-state index is 12.6. The van der Waals surface area contributed by atoms with E-state index in [9.17, 15) is 4.79 Å². The van der Waals surface area contributed by atoms with Crippen LogP contribution in [-0.2, 0) is 0 Å². The number of unbranched alkanes of at least 4 members (excludes halogenated alkanes) is 2. The molecule has 1 rings (SSSR count). The number of amides is 1. The van der Waals surface area contributed by atoms with Crippen LogP contribution in [0.2, 0.25) is 0 Å². The summed E-state index contributed by atoms with van der Waals surface area (Å²) in [5.41, 5.74) is 0.920. The second kappa shape index (κ2) is 11.5. The van der Waals surface area contributed by atoms with Crippen molar-refractivity contribution in [3.8, 4) is 0 Å². The molecule has 0 fully saturated rings. The minimum absolute atomic E-state index is 0.00157. The van der Waals surface area contributed by atoms with Crippen molar-refractivity contribution in [2.75, 3.05) is 24.5 Å². The number of benzene rings is 1. The Balaban J connectivity index is 2.69. The molecule has 0 aliphatic rings. The van der Waals surface area contributed by atoms with E-state index >= 15 is 0 Å². The van der Waals surface area contributed by atoms with E-state index in [2.05, 4.69) is 18.7 Å². The number of hydrogen-bond donors (Lipinski definition) is 0. The number of carbonyl (C=O) groups excluding carboxylic acids is 1. The van der Waals surface area contributed by atoms with Gasteiger partial charge in [-0.2, -0.15) is 0 Å². The fraction of sp³-hybridized carbons (Fsp3) is 0.556. The molecule has 1 aromatic rings. The van der Waals surface area contributed by atoms with Crippen LogP contribution in [0.5, 0.6) is 0 Å². The van der Waals surface area contributed by atoms with E-state index in [-0.39, 0.29) is 5.24 Å². The molecule has 128 valence electrons. The number of para-hydroxylation sites is 1. The van der Waals surface area contributed by atoms with Crippen LogP contribution in [0, 0.1) is 0 Å². The third kappa shape index (κ3) is 6.92. The Morgan fingerprint density at radius 3 is 2.09 bits per heavy atom. The summed E-state index contributed by atoms with van der Waals surface area (Å²) in [5, 5.41) is 0.00157. The predicted octanol–water partition coefficient (Wildman–Crippen LogP) is 5.55. The molecule has 0 atom stereocenters. The Morgan fingerprint density at radius 2 is 1.61 bits per heavy atom. The van der Waals surface area contributed by atoms with Gasteiger partial charge in [0, 0.05) is 37.1 Å². The van der Waals surface area contributed by atoms with Crippen LogP contribution in [0.3, 0.4) is 0 Å². The topological polar surface area (TPSA) is 23.6 Å². The third-order valence-corrected chi connectivity index (χ3v) is 4.94. The fourth-order valence-corrected chi connectivity index (χ4v) is 3.41. The smallest absolute Gasteiger partial charge is 0.293 e.